The quantitative estimate of drug-likeness (QED) is 0.578. The summed E-state index contributed by atoms with van der Waals surface area (Å²) >= 11 is 0. The maximum absolute atomic E-state index is 13.4. The van der Waals surface area contributed by atoms with E-state index in [-0.39, 0.29) is 0 Å². The molecule has 0 atom stereocenters. The van der Waals surface area contributed by atoms with Crippen molar-refractivity contribution in [1.29, 1.82) is 10.5 Å². The number of hydrogen-bond donors (Lipinski definition) is 0. The number of nitrogens with zero attached hydrogens (tertiary/aromatic N) is 2. The average molecular weight is 264 g/mol. The summed E-state index contributed by atoms with van der Waals surface area (Å²) in [5.41, 5.74) is -5.31. The van der Waals surface area contributed by atoms with Crippen molar-refractivity contribution in [3.8, 4) is 12.1 Å². The van der Waals surface area contributed by atoms with E-state index >= 15 is 0 Å². The molecular formula is C10H2F6N2. The second-order valence-electron chi connectivity index (χ2n) is 3.11. The van der Waals surface area contributed by atoms with Gasteiger partial charge in [0.15, 0.2) is 11.6 Å². The van der Waals surface area contributed by atoms with Crippen molar-refractivity contribution in [1.82, 2.24) is 0 Å². The summed E-state index contributed by atoms with van der Waals surface area (Å²) in [5.74, 6) is -6.21. The number of benzene rings is 1. The van der Waals surface area contributed by atoms with E-state index in [0.29, 0.717) is 0 Å². The van der Waals surface area contributed by atoms with Gasteiger partial charge in [-0.15, -0.1) is 0 Å². The predicted molar refractivity (Wildman–Crippen MR) is 45.3 cm³/mol. The summed E-state index contributed by atoms with van der Waals surface area (Å²) in [6.45, 7) is 0. The Morgan fingerprint density at radius 1 is 0.944 bits per heavy atom. The van der Waals surface area contributed by atoms with Gasteiger partial charge in [0.05, 0.1) is 12.5 Å². The molecule has 1 aromatic carbocycles. The van der Waals surface area contributed by atoms with Crippen LogP contribution in [0.1, 0.15) is 16.7 Å². The SMILES string of the molecule is N#CCc1c(F)c(F)c(C#N)c(C(F)(F)F)c1F. The van der Waals surface area contributed by atoms with Crippen LogP contribution in [0.2, 0.25) is 0 Å². The molecule has 0 radical (unpaired) electrons. The molecule has 0 aliphatic heterocycles. The fraction of sp³-hybridized carbons (Fsp3) is 0.200. The molecule has 0 aliphatic carbocycles. The second kappa shape index (κ2) is 4.57. The normalized spacial score (nSPS) is 10.9. The molecule has 0 aliphatic rings. The molecule has 18 heavy (non-hydrogen) atoms. The molecule has 1 aromatic rings. The van der Waals surface area contributed by atoms with Crippen LogP contribution >= 0.6 is 0 Å². The van der Waals surface area contributed by atoms with Gasteiger partial charge in [-0.3, -0.25) is 0 Å². The van der Waals surface area contributed by atoms with Gasteiger partial charge in [-0.05, 0) is 0 Å². The van der Waals surface area contributed by atoms with Gasteiger partial charge in [0.25, 0.3) is 0 Å². The van der Waals surface area contributed by atoms with Crippen molar-refractivity contribution < 1.29 is 26.3 Å². The topological polar surface area (TPSA) is 47.6 Å². The number of halogens is 6. The smallest absolute Gasteiger partial charge is 0.206 e. The molecule has 0 saturated heterocycles. The Labute approximate surface area is 96.7 Å². The average Bonchev–Trinajstić information content (AvgIpc) is 2.27. The van der Waals surface area contributed by atoms with Gasteiger partial charge in [0.2, 0.25) is 0 Å². The Morgan fingerprint density at radius 2 is 1.50 bits per heavy atom. The Kier molecular flexibility index (Phi) is 3.52. The Bertz CT molecular complexity index is 576. The third-order valence-corrected chi connectivity index (χ3v) is 2.06. The van der Waals surface area contributed by atoms with E-state index in [4.69, 9.17) is 10.5 Å². The summed E-state index contributed by atoms with van der Waals surface area (Å²) in [4.78, 5) is 0. The fourth-order valence-corrected chi connectivity index (χ4v) is 1.31. The van der Waals surface area contributed by atoms with Crippen molar-refractivity contribution in [3.05, 3.63) is 34.1 Å². The highest BCUT2D eigenvalue weighted by atomic mass is 19.4. The highest BCUT2D eigenvalue weighted by Crippen LogP contribution is 2.37. The lowest BCUT2D eigenvalue weighted by atomic mass is 10.00. The molecule has 0 bridgehead atoms. The Morgan fingerprint density at radius 3 is 1.89 bits per heavy atom. The summed E-state index contributed by atoms with van der Waals surface area (Å²) in [6, 6.07) is 1.98. The van der Waals surface area contributed by atoms with Crippen LogP contribution in [-0.2, 0) is 12.6 Å². The van der Waals surface area contributed by atoms with Crippen LogP contribution in [0.25, 0.3) is 0 Å². The lowest BCUT2D eigenvalue weighted by molar-refractivity contribution is -0.140. The number of nitriles is 2. The van der Waals surface area contributed by atoms with Crippen molar-refractivity contribution in [3.63, 3.8) is 0 Å². The molecule has 0 fully saturated rings. The predicted octanol–water partition coefficient (Wildman–Crippen LogP) is 3.06. The molecule has 0 aromatic heterocycles. The van der Waals surface area contributed by atoms with Crippen molar-refractivity contribution in [2.75, 3.05) is 0 Å². The van der Waals surface area contributed by atoms with Crippen LogP contribution in [0.5, 0.6) is 0 Å². The first-order valence-corrected chi connectivity index (χ1v) is 4.29. The first kappa shape index (κ1) is 13.8. The number of hydrogen-bond acceptors (Lipinski definition) is 2. The Hall–Kier alpha value is -2.22. The standard InChI is InChI=1S/C10H2F6N2/c11-7-4(1-2-17)8(12)9(13)5(3-18)6(7)10(14,15)16/h1H2. The van der Waals surface area contributed by atoms with Gasteiger partial charge in [-0.2, -0.15) is 23.7 Å². The molecule has 0 amide bonds. The van der Waals surface area contributed by atoms with Crippen LogP contribution in [0.15, 0.2) is 0 Å². The van der Waals surface area contributed by atoms with E-state index in [1.807, 2.05) is 0 Å². The highest BCUT2D eigenvalue weighted by molar-refractivity contribution is 5.46. The summed E-state index contributed by atoms with van der Waals surface area (Å²) in [6.07, 6.45) is -6.45. The fourth-order valence-electron chi connectivity index (χ4n) is 1.31. The van der Waals surface area contributed by atoms with E-state index in [0.717, 1.165) is 6.07 Å². The van der Waals surface area contributed by atoms with E-state index in [1.165, 1.54) is 6.07 Å². The van der Waals surface area contributed by atoms with Gasteiger partial charge in [0, 0.05) is 5.56 Å². The maximum atomic E-state index is 13.4. The minimum atomic E-state index is -5.37. The van der Waals surface area contributed by atoms with Gasteiger partial charge in [0.1, 0.15) is 23.0 Å². The second-order valence-corrected chi connectivity index (χ2v) is 3.11. The molecule has 0 heterocycles. The molecule has 94 valence electrons. The third kappa shape index (κ3) is 2.09. The van der Waals surface area contributed by atoms with Crippen LogP contribution in [0.3, 0.4) is 0 Å². The number of alkyl halides is 3. The van der Waals surface area contributed by atoms with Crippen LogP contribution < -0.4 is 0 Å². The van der Waals surface area contributed by atoms with Crippen molar-refractivity contribution in [2.45, 2.75) is 12.6 Å². The van der Waals surface area contributed by atoms with E-state index in [1.54, 1.807) is 0 Å². The highest BCUT2D eigenvalue weighted by Gasteiger charge is 2.41. The molecule has 8 heteroatoms. The monoisotopic (exact) mass is 264 g/mol. The lowest BCUT2D eigenvalue weighted by Crippen LogP contribution is -2.16. The zero-order chi connectivity index (χ0) is 14.1. The zero-order valence-electron chi connectivity index (χ0n) is 8.37. The van der Waals surface area contributed by atoms with Crippen molar-refractivity contribution in [2.24, 2.45) is 0 Å². The first-order valence-electron chi connectivity index (χ1n) is 4.29. The van der Waals surface area contributed by atoms with Gasteiger partial charge >= 0.3 is 6.18 Å². The summed E-state index contributed by atoms with van der Waals surface area (Å²) in [5, 5.41) is 16.6. The molecule has 2 nitrogen and oxygen atoms in total. The molecule has 1 rings (SSSR count). The van der Waals surface area contributed by atoms with Gasteiger partial charge < -0.3 is 0 Å². The van der Waals surface area contributed by atoms with Crippen LogP contribution in [0, 0.1) is 40.1 Å². The molecule has 0 N–H and O–H groups in total. The third-order valence-electron chi connectivity index (χ3n) is 2.06. The lowest BCUT2D eigenvalue weighted by Gasteiger charge is -2.13. The zero-order valence-corrected chi connectivity index (χ0v) is 8.37. The minimum Gasteiger partial charge on any atom is -0.206 e. The van der Waals surface area contributed by atoms with Gasteiger partial charge in [-0.1, -0.05) is 0 Å². The van der Waals surface area contributed by atoms with E-state index in [2.05, 4.69) is 0 Å². The van der Waals surface area contributed by atoms with E-state index in [9.17, 15) is 26.3 Å². The van der Waals surface area contributed by atoms with Gasteiger partial charge in [-0.25, -0.2) is 13.2 Å². The summed E-state index contributed by atoms with van der Waals surface area (Å²) < 4.78 is 77.2. The molecular weight excluding hydrogens is 262 g/mol. The van der Waals surface area contributed by atoms with Crippen LogP contribution in [0.4, 0.5) is 26.3 Å². The van der Waals surface area contributed by atoms with E-state index < -0.39 is 46.7 Å². The van der Waals surface area contributed by atoms with Crippen molar-refractivity contribution >= 4 is 0 Å². The first-order chi connectivity index (χ1) is 8.25. The molecule has 0 spiro atoms. The number of rotatable bonds is 1. The summed E-state index contributed by atoms with van der Waals surface area (Å²) in [7, 11) is 0. The van der Waals surface area contributed by atoms with Crippen LogP contribution in [-0.4, -0.2) is 0 Å². The minimum absolute atomic E-state index is 0.763. The Balaban J connectivity index is 3.82. The maximum Gasteiger partial charge on any atom is 0.420 e. The largest absolute Gasteiger partial charge is 0.420 e. The molecule has 0 saturated carbocycles. The molecule has 0 unspecified atom stereocenters.